The highest BCUT2D eigenvalue weighted by Crippen LogP contribution is 2.09. The topological polar surface area (TPSA) is 58.4 Å². The second-order valence-corrected chi connectivity index (χ2v) is 3.53. The second kappa shape index (κ2) is 4.85. The summed E-state index contributed by atoms with van der Waals surface area (Å²) < 4.78 is 1.79. The zero-order valence-electron chi connectivity index (χ0n) is 8.48. The molecule has 6 heteroatoms. The molecule has 2 aromatic rings. The van der Waals surface area contributed by atoms with E-state index in [0.29, 0.717) is 18.4 Å². The molecule has 2 amide bonds. The van der Waals surface area contributed by atoms with Gasteiger partial charge in [0.2, 0.25) is 5.95 Å². The van der Waals surface area contributed by atoms with Gasteiger partial charge >= 0.3 is 6.03 Å². The summed E-state index contributed by atoms with van der Waals surface area (Å²) >= 11 is 5.46. The molecule has 0 aliphatic heterocycles. The molecule has 2 heterocycles. The monoisotopic (exact) mass is 238 g/mol. The minimum atomic E-state index is -0.308. The van der Waals surface area contributed by atoms with E-state index < -0.39 is 0 Å². The molecule has 0 bridgehead atoms. The molecule has 0 aliphatic carbocycles. The van der Waals surface area contributed by atoms with E-state index in [9.17, 15) is 4.79 Å². The quantitative estimate of drug-likeness (QED) is 0.800. The van der Waals surface area contributed by atoms with E-state index >= 15 is 0 Å². The third-order valence-corrected chi connectivity index (χ3v) is 2.23. The van der Waals surface area contributed by atoms with Crippen molar-refractivity contribution in [2.45, 2.75) is 0 Å². The van der Waals surface area contributed by atoms with Crippen LogP contribution in [0.15, 0.2) is 30.6 Å². The molecular formula is C10H11ClN4O. The van der Waals surface area contributed by atoms with Crippen LogP contribution in [-0.2, 0) is 0 Å². The van der Waals surface area contributed by atoms with Crippen LogP contribution in [0.1, 0.15) is 0 Å². The summed E-state index contributed by atoms with van der Waals surface area (Å²) in [5.41, 5.74) is 0.926. The molecule has 0 radical (unpaired) electrons. The number of nitrogens with zero attached hydrogens (tertiary/aromatic N) is 2. The van der Waals surface area contributed by atoms with Gasteiger partial charge in [-0.05, 0) is 12.1 Å². The molecule has 16 heavy (non-hydrogen) atoms. The summed E-state index contributed by atoms with van der Waals surface area (Å²) in [5.74, 6) is 0.873. The Morgan fingerprint density at radius 1 is 1.50 bits per heavy atom. The number of imidazole rings is 1. The van der Waals surface area contributed by atoms with Crippen LogP contribution in [-0.4, -0.2) is 27.8 Å². The Morgan fingerprint density at radius 2 is 2.38 bits per heavy atom. The number of amides is 2. The fourth-order valence-corrected chi connectivity index (χ4v) is 1.44. The number of halogens is 1. The maximum atomic E-state index is 11.4. The first-order chi connectivity index (χ1) is 7.81. The smallest absolute Gasteiger partial charge is 0.321 e. The van der Waals surface area contributed by atoms with Crippen LogP contribution in [0, 0.1) is 0 Å². The van der Waals surface area contributed by atoms with Crippen molar-refractivity contribution in [1.29, 1.82) is 0 Å². The number of carbonyl (C=O) groups is 1. The Kier molecular flexibility index (Phi) is 3.26. The zero-order valence-corrected chi connectivity index (χ0v) is 9.24. The summed E-state index contributed by atoms with van der Waals surface area (Å²) in [6.07, 6.45) is 3.52. The van der Waals surface area contributed by atoms with Gasteiger partial charge in [0.25, 0.3) is 0 Å². The van der Waals surface area contributed by atoms with E-state index in [2.05, 4.69) is 15.6 Å². The predicted octanol–water partition coefficient (Wildman–Crippen LogP) is 1.69. The third kappa shape index (κ3) is 2.25. The van der Waals surface area contributed by atoms with Crippen molar-refractivity contribution in [2.24, 2.45) is 0 Å². The number of carbonyl (C=O) groups excluding carboxylic acids is 1. The number of anilines is 1. The Balaban J connectivity index is 2.12. The summed E-state index contributed by atoms with van der Waals surface area (Å²) in [6.45, 7) is 0.427. The van der Waals surface area contributed by atoms with Gasteiger partial charge in [0.1, 0.15) is 0 Å². The van der Waals surface area contributed by atoms with Gasteiger partial charge in [-0.15, -0.1) is 11.6 Å². The Labute approximate surface area is 97.4 Å². The van der Waals surface area contributed by atoms with E-state index in [0.717, 1.165) is 5.52 Å². The molecule has 84 valence electrons. The third-order valence-electron chi connectivity index (χ3n) is 2.04. The maximum Gasteiger partial charge on any atom is 0.321 e. The number of hydrogen-bond acceptors (Lipinski definition) is 2. The lowest BCUT2D eigenvalue weighted by Gasteiger charge is -2.04. The highest BCUT2D eigenvalue weighted by molar-refractivity contribution is 6.18. The number of aromatic nitrogens is 2. The number of fused-ring (bicyclic) bond motifs is 1. The first-order valence-electron chi connectivity index (χ1n) is 4.84. The molecule has 2 N–H and O–H groups in total. The summed E-state index contributed by atoms with van der Waals surface area (Å²) in [5, 5.41) is 5.24. The van der Waals surface area contributed by atoms with E-state index in [4.69, 9.17) is 11.6 Å². The first kappa shape index (κ1) is 10.8. The van der Waals surface area contributed by atoms with Crippen molar-refractivity contribution in [1.82, 2.24) is 14.7 Å². The van der Waals surface area contributed by atoms with Gasteiger partial charge in [0.15, 0.2) is 0 Å². The molecule has 0 fully saturated rings. The van der Waals surface area contributed by atoms with E-state index in [1.165, 1.54) is 0 Å². The van der Waals surface area contributed by atoms with Gasteiger partial charge in [0, 0.05) is 18.6 Å². The van der Waals surface area contributed by atoms with Crippen LogP contribution >= 0.6 is 11.6 Å². The van der Waals surface area contributed by atoms with Crippen molar-refractivity contribution < 1.29 is 4.79 Å². The Morgan fingerprint density at radius 3 is 3.19 bits per heavy atom. The fourth-order valence-electron chi connectivity index (χ4n) is 1.34. The van der Waals surface area contributed by atoms with Gasteiger partial charge in [-0.3, -0.25) is 9.72 Å². The van der Waals surface area contributed by atoms with Gasteiger partial charge in [-0.25, -0.2) is 9.78 Å². The highest BCUT2D eigenvalue weighted by Gasteiger charge is 2.05. The van der Waals surface area contributed by atoms with Gasteiger partial charge < -0.3 is 5.32 Å². The Hall–Kier alpha value is -1.75. The summed E-state index contributed by atoms with van der Waals surface area (Å²) in [7, 11) is 0. The van der Waals surface area contributed by atoms with Crippen molar-refractivity contribution in [3.63, 3.8) is 0 Å². The molecule has 2 rings (SSSR count). The molecule has 0 saturated carbocycles. The van der Waals surface area contributed by atoms with Gasteiger partial charge in [-0.1, -0.05) is 6.07 Å². The lowest BCUT2D eigenvalue weighted by atomic mass is 10.4. The number of rotatable bonds is 3. The van der Waals surface area contributed by atoms with Crippen LogP contribution in [0.2, 0.25) is 0 Å². The number of pyridine rings is 1. The average Bonchev–Trinajstić information content (AvgIpc) is 2.70. The normalized spacial score (nSPS) is 10.3. The van der Waals surface area contributed by atoms with Crippen molar-refractivity contribution in [2.75, 3.05) is 17.7 Å². The second-order valence-electron chi connectivity index (χ2n) is 3.15. The minimum Gasteiger partial charge on any atom is -0.337 e. The minimum absolute atomic E-state index is 0.308. The lowest BCUT2D eigenvalue weighted by Crippen LogP contribution is -2.30. The van der Waals surface area contributed by atoms with E-state index in [-0.39, 0.29) is 6.03 Å². The molecule has 0 aromatic carbocycles. The molecular weight excluding hydrogens is 228 g/mol. The van der Waals surface area contributed by atoms with Crippen LogP contribution in [0.25, 0.3) is 5.52 Å². The lowest BCUT2D eigenvalue weighted by molar-refractivity contribution is 0.252. The summed E-state index contributed by atoms with van der Waals surface area (Å²) in [6, 6.07) is 5.39. The largest absolute Gasteiger partial charge is 0.337 e. The van der Waals surface area contributed by atoms with Crippen molar-refractivity contribution in [3.05, 3.63) is 30.6 Å². The van der Waals surface area contributed by atoms with Crippen LogP contribution < -0.4 is 10.6 Å². The highest BCUT2D eigenvalue weighted by atomic mass is 35.5. The van der Waals surface area contributed by atoms with Gasteiger partial charge in [-0.2, -0.15) is 0 Å². The number of nitrogens with one attached hydrogen (secondary N) is 2. The number of urea groups is 1. The number of hydrogen-bond donors (Lipinski definition) is 2. The van der Waals surface area contributed by atoms with Crippen molar-refractivity contribution >= 4 is 29.1 Å². The molecule has 0 spiro atoms. The van der Waals surface area contributed by atoms with Gasteiger partial charge in [0.05, 0.1) is 11.7 Å². The first-order valence-corrected chi connectivity index (χ1v) is 5.37. The zero-order chi connectivity index (χ0) is 11.4. The molecule has 0 aliphatic rings. The average molecular weight is 239 g/mol. The molecule has 0 unspecified atom stereocenters. The molecule has 5 nitrogen and oxygen atoms in total. The van der Waals surface area contributed by atoms with Crippen LogP contribution in [0.3, 0.4) is 0 Å². The SMILES string of the molecule is O=C(NCCCl)Nc1ncc2ccccn12. The number of alkyl halides is 1. The maximum absolute atomic E-state index is 11.4. The predicted molar refractivity (Wildman–Crippen MR) is 62.9 cm³/mol. The van der Waals surface area contributed by atoms with E-state index in [1.807, 2.05) is 24.4 Å². The van der Waals surface area contributed by atoms with Crippen LogP contribution in [0.4, 0.5) is 10.7 Å². The summed E-state index contributed by atoms with van der Waals surface area (Å²) in [4.78, 5) is 15.5. The molecule has 2 aromatic heterocycles. The standard InChI is InChI=1S/C10H11ClN4O/c11-4-5-12-10(16)14-9-13-7-8-3-1-2-6-15(8)9/h1-3,6-7H,4-5H2,(H2,12,13,14,16). The van der Waals surface area contributed by atoms with E-state index in [1.54, 1.807) is 10.6 Å². The fraction of sp³-hybridized carbons (Fsp3) is 0.200. The van der Waals surface area contributed by atoms with Crippen LogP contribution in [0.5, 0.6) is 0 Å². The van der Waals surface area contributed by atoms with Crippen molar-refractivity contribution in [3.8, 4) is 0 Å². The molecule has 0 atom stereocenters. The Bertz CT molecular complexity index is 496. The molecule has 0 saturated heterocycles.